The molecule has 166 valence electrons. The van der Waals surface area contributed by atoms with Crippen LogP contribution in [-0.2, 0) is 25.5 Å². The number of aliphatic hydroxyl groups excluding tert-OH is 1. The van der Waals surface area contributed by atoms with Crippen LogP contribution in [-0.4, -0.2) is 59.6 Å². The second kappa shape index (κ2) is 10.5. The topological polar surface area (TPSA) is 111 Å². The number of likely N-dealkylation sites (tertiary alicyclic amines) is 1. The summed E-state index contributed by atoms with van der Waals surface area (Å²) in [4.78, 5) is 40.1. The molecule has 0 spiro atoms. The van der Waals surface area contributed by atoms with Crippen molar-refractivity contribution in [3.8, 4) is 6.07 Å². The number of β-amino-alcohol motifs (C(OH)–C–C–N with tert-alkyl or cyclic N) is 1. The summed E-state index contributed by atoms with van der Waals surface area (Å²) in [5.74, 6) is -2.52. The fourth-order valence-electron chi connectivity index (χ4n) is 3.53. The maximum Gasteiger partial charge on any atom is 0.329 e. The SMILES string of the molecule is N#CCN(C(=O)COC(=O)C1CC(O)CN1C(=O)Cc1ccccc1F)c1ccccc1. The molecule has 32 heavy (non-hydrogen) atoms. The van der Waals surface area contributed by atoms with E-state index in [0.29, 0.717) is 5.69 Å². The molecule has 1 fully saturated rings. The molecule has 0 saturated carbocycles. The summed E-state index contributed by atoms with van der Waals surface area (Å²) in [6.07, 6.45) is -1.25. The van der Waals surface area contributed by atoms with Gasteiger partial charge in [-0.2, -0.15) is 5.26 Å². The number of esters is 1. The second-order valence-electron chi connectivity index (χ2n) is 7.30. The van der Waals surface area contributed by atoms with Crippen molar-refractivity contribution >= 4 is 23.5 Å². The van der Waals surface area contributed by atoms with E-state index >= 15 is 0 Å². The normalized spacial score (nSPS) is 17.5. The van der Waals surface area contributed by atoms with Gasteiger partial charge < -0.3 is 14.7 Å². The molecule has 1 N–H and O–H groups in total. The van der Waals surface area contributed by atoms with Gasteiger partial charge in [-0.1, -0.05) is 36.4 Å². The van der Waals surface area contributed by atoms with E-state index in [9.17, 15) is 23.9 Å². The lowest BCUT2D eigenvalue weighted by atomic mass is 10.1. The summed E-state index contributed by atoms with van der Waals surface area (Å²) in [7, 11) is 0. The van der Waals surface area contributed by atoms with Gasteiger partial charge in [0, 0.05) is 18.7 Å². The lowest BCUT2D eigenvalue weighted by molar-refractivity contribution is -0.155. The van der Waals surface area contributed by atoms with Crippen LogP contribution in [0.5, 0.6) is 0 Å². The number of ether oxygens (including phenoxy) is 1. The fraction of sp³-hybridized carbons (Fsp3) is 0.304. The summed E-state index contributed by atoms with van der Waals surface area (Å²) in [6.45, 7) is -0.946. The van der Waals surface area contributed by atoms with Crippen LogP contribution >= 0.6 is 0 Å². The van der Waals surface area contributed by atoms with Gasteiger partial charge in [0.25, 0.3) is 5.91 Å². The first-order chi connectivity index (χ1) is 15.4. The van der Waals surface area contributed by atoms with Crippen LogP contribution < -0.4 is 4.90 Å². The summed E-state index contributed by atoms with van der Waals surface area (Å²) in [5.41, 5.74) is 0.657. The van der Waals surface area contributed by atoms with Gasteiger partial charge in [-0.05, 0) is 23.8 Å². The zero-order valence-electron chi connectivity index (χ0n) is 17.2. The van der Waals surface area contributed by atoms with Gasteiger partial charge in [-0.15, -0.1) is 0 Å². The first kappa shape index (κ1) is 22.9. The Hall–Kier alpha value is -3.77. The third-order valence-electron chi connectivity index (χ3n) is 5.11. The number of carbonyl (C=O) groups is 3. The Morgan fingerprint density at radius 2 is 1.84 bits per heavy atom. The van der Waals surface area contributed by atoms with E-state index in [2.05, 4.69) is 0 Å². The number of aliphatic hydroxyl groups is 1. The molecule has 1 heterocycles. The number of amides is 2. The summed E-state index contributed by atoms with van der Waals surface area (Å²) in [5, 5.41) is 19.0. The first-order valence-electron chi connectivity index (χ1n) is 10.0. The number of nitriles is 1. The molecule has 9 heteroatoms. The molecule has 8 nitrogen and oxygen atoms in total. The smallest absolute Gasteiger partial charge is 0.329 e. The standard InChI is InChI=1S/C23H22FN3O5/c24-19-9-5-4-6-16(19)12-21(29)27-14-18(28)13-20(27)23(31)32-15-22(30)26(11-10-25)17-7-2-1-3-8-17/h1-9,18,20,28H,11-15H2. The number of rotatable bonds is 7. The van der Waals surface area contributed by atoms with Crippen LogP contribution in [0.2, 0.25) is 0 Å². The average molecular weight is 439 g/mol. The number of nitrogens with zero attached hydrogens (tertiary/aromatic N) is 3. The number of anilines is 1. The Bertz CT molecular complexity index is 1020. The maximum atomic E-state index is 13.9. The Kier molecular flexibility index (Phi) is 7.52. The molecule has 2 amide bonds. The van der Waals surface area contributed by atoms with E-state index in [1.165, 1.54) is 23.1 Å². The Morgan fingerprint density at radius 1 is 1.16 bits per heavy atom. The predicted octanol–water partition coefficient (Wildman–Crippen LogP) is 1.43. The molecule has 1 aliphatic heterocycles. The number of halogens is 1. The number of para-hydroxylation sites is 1. The summed E-state index contributed by atoms with van der Waals surface area (Å²) < 4.78 is 19.0. The lowest BCUT2D eigenvalue weighted by Gasteiger charge is -2.24. The number of benzene rings is 2. The predicted molar refractivity (Wildman–Crippen MR) is 112 cm³/mol. The van der Waals surface area contributed by atoms with E-state index in [-0.39, 0.29) is 31.5 Å². The molecular formula is C23H22FN3O5. The van der Waals surface area contributed by atoms with Gasteiger partial charge >= 0.3 is 5.97 Å². The first-order valence-corrected chi connectivity index (χ1v) is 10.0. The zero-order chi connectivity index (χ0) is 23.1. The maximum absolute atomic E-state index is 13.9. The van der Waals surface area contributed by atoms with E-state index in [0.717, 1.165) is 4.90 Å². The van der Waals surface area contributed by atoms with Crippen LogP contribution in [0.1, 0.15) is 12.0 Å². The number of hydrogen-bond donors (Lipinski definition) is 1. The highest BCUT2D eigenvalue weighted by molar-refractivity contribution is 5.96. The van der Waals surface area contributed by atoms with Crippen molar-refractivity contribution in [3.05, 3.63) is 66.0 Å². The summed E-state index contributed by atoms with van der Waals surface area (Å²) >= 11 is 0. The van der Waals surface area contributed by atoms with E-state index in [1.54, 1.807) is 36.4 Å². The zero-order valence-corrected chi connectivity index (χ0v) is 17.2. The lowest BCUT2D eigenvalue weighted by Crippen LogP contribution is -2.43. The third-order valence-corrected chi connectivity index (χ3v) is 5.11. The minimum Gasteiger partial charge on any atom is -0.454 e. The van der Waals surface area contributed by atoms with Gasteiger partial charge in [0.2, 0.25) is 5.91 Å². The Balaban J connectivity index is 1.64. The van der Waals surface area contributed by atoms with Crippen molar-refractivity contribution in [3.63, 3.8) is 0 Å². The van der Waals surface area contributed by atoms with Crippen LogP contribution in [0.4, 0.5) is 10.1 Å². The van der Waals surface area contributed by atoms with E-state index < -0.39 is 42.4 Å². The van der Waals surface area contributed by atoms with Crippen molar-refractivity contribution in [2.45, 2.75) is 25.0 Å². The second-order valence-corrected chi connectivity index (χ2v) is 7.30. The largest absolute Gasteiger partial charge is 0.454 e. The van der Waals surface area contributed by atoms with Crippen LogP contribution in [0.3, 0.4) is 0 Å². The molecule has 2 unspecified atom stereocenters. The summed E-state index contributed by atoms with van der Waals surface area (Å²) in [6, 6.07) is 15.1. The molecular weight excluding hydrogens is 417 g/mol. The van der Waals surface area contributed by atoms with Gasteiger partial charge in [0.1, 0.15) is 18.4 Å². The average Bonchev–Trinajstić information content (AvgIpc) is 3.19. The number of carbonyl (C=O) groups excluding carboxylic acids is 3. The Labute approximate surface area is 184 Å². The van der Waals surface area contributed by atoms with Gasteiger partial charge in [-0.25, -0.2) is 9.18 Å². The molecule has 0 radical (unpaired) electrons. The highest BCUT2D eigenvalue weighted by Crippen LogP contribution is 2.21. The van der Waals surface area contributed by atoms with Crippen molar-refractivity contribution in [2.24, 2.45) is 0 Å². The van der Waals surface area contributed by atoms with E-state index in [1.807, 2.05) is 6.07 Å². The highest BCUT2D eigenvalue weighted by atomic mass is 19.1. The molecule has 0 aromatic heterocycles. The third kappa shape index (κ3) is 5.47. The minimum atomic E-state index is -1.08. The highest BCUT2D eigenvalue weighted by Gasteiger charge is 2.40. The van der Waals surface area contributed by atoms with Crippen molar-refractivity contribution in [2.75, 3.05) is 24.6 Å². The molecule has 1 aliphatic rings. The molecule has 2 aromatic rings. The Morgan fingerprint density at radius 3 is 2.53 bits per heavy atom. The van der Waals surface area contributed by atoms with Crippen molar-refractivity contribution in [1.29, 1.82) is 5.26 Å². The molecule has 1 saturated heterocycles. The molecule has 2 aromatic carbocycles. The van der Waals surface area contributed by atoms with Crippen LogP contribution in [0.15, 0.2) is 54.6 Å². The monoisotopic (exact) mass is 439 g/mol. The van der Waals surface area contributed by atoms with Gasteiger partial charge in [-0.3, -0.25) is 14.5 Å². The van der Waals surface area contributed by atoms with Crippen LogP contribution in [0.25, 0.3) is 0 Å². The quantitative estimate of drug-likeness (QED) is 0.516. The van der Waals surface area contributed by atoms with Gasteiger partial charge in [0.05, 0.1) is 18.6 Å². The van der Waals surface area contributed by atoms with Crippen molar-refractivity contribution in [1.82, 2.24) is 4.90 Å². The van der Waals surface area contributed by atoms with E-state index in [4.69, 9.17) is 10.00 Å². The van der Waals surface area contributed by atoms with Gasteiger partial charge in [0.15, 0.2) is 6.61 Å². The number of hydrogen-bond acceptors (Lipinski definition) is 6. The molecule has 3 rings (SSSR count). The molecule has 2 atom stereocenters. The molecule has 0 bridgehead atoms. The fourth-order valence-corrected chi connectivity index (χ4v) is 3.53. The van der Waals surface area contributed by atoms with Crippen LogP contribution in [0, 0.1) is 17.1 Å². The minimum absolute atomic E-state index is 0.0450. The molecule has 0 aliphatic carbocycles. The van der Waals surface area contributed by atoms with Crippen molar-refractivity contribution < 1.29 is 28.6 Å².